The number of amides is 3. The quantitative estimate of drug-likeness (QED) is 0.156. The summed E-state index contributed by atoms with van der Waals surface area (Å²) in [5, 5.41) is 8.05. The van der Waals surface area contributed by atoms with Crippen LogP contribution >= 0.6 is 0 Å². The van der Waals surface area contributed by atoms with Crippen LogP contribution in [0.4, 0.5) is 10.5 Å². The first-order chi connectivity index (χ1) is 22.0. The number of anilines is 1. The van der Waals surface area contributed by atoms with Crippen molar-refractivity contribution in [1.29, 1.82) is 0 Å². The molecule has 0 bridgehead atoms. The van der Waals surface area contributed by atoms with E-state index in [9.17, 15) is 14.4 Å². The summed E-state index contributed by atoms with van der Waals surface area (Å²) in [5.41, 5.74) is 3.38. The Morgan fingerprint density at radius 3 is 2.11 bits per heavy atom. The number of nitrogens with zero attached hydrogens (tertiary/aromatic N) is 1. The van der Waals surface area contributed by atoms with E-state index in [0.29, 0.717) is 18.7 Å². The summed E-state index contributed by atoms with van der Waals surface area (Å²) in [7, 11) is 0. The SMILES string of the molecule is CCCCCN(C(=O)C(Cc1ccccc1)NC(=O)OC(C)(C)C)C(C(=O)Nc1ccc2ccccc2c1)c1c(C)cccc1C. The van der Waals surface area contributed by atoms with Gasteiger partial charge in [0.1, 0.15) is 17.7 Å². The fourth-order valence-electron chi connectivity index (χ4n) is 5.76. The van der Waals surface area contributed by atoms with Gasteiger partial charge in [-0.25, -0.2) is 4.79 Å². The number of fused-ring (bicyclic) bond motifs is 1. The first-order valence-electron chi connectivity index (χ1n) is 16.2. The lowest BCUT2D eigenvalue weighted by atomic mass is 9.92. The number of carbonyl (C=O) groups excluding carboxylic acids is 3. The molecule has 0 radical (unpaired) electrons. The van der Waals surface area contributed by atoms with Gasteiger partial charge in [-0.3, -0.25) is 9.59 Å². The van der Waals surface area contributed by atoms with Crippen molar-refractivity contribution < 1.29 is 19.1 Å². The van der Waals surface area contributed by atoms with Gasteiger partial charge in [-0.15, -0.1) is 0 Å². The summed E-state index contributed by atoms with van der Waals surface area (Å²) in [6.07, 6.45) is 2.10. The molecular formula is C39H47N3O4. The van der Waals surface area contributed by atoms with E-state index in [-0.39, 0.29) is 18.2 Å². The molecule has 2 atom stereocenters. The Bertz CT molecular complexity index is 1620. The van der Waals surface area contributed by atoms with Crippen molar-refractivity contribution in [3.63, 3.8) is 0 Å². The minimum atomic E-state index is -0.959. The molecule has 7 nitrogen and oxygen atoms in total. The minimum absolute atomic E-state index is 0.245. The summed E-state index contributed by atoms with van der Waals surface area (Å²) < 4.78 is 5.58. The highest BCUT2D eigenvalue weighted by molar-refractivity contribution is 6.00. The summed E-state index contributed by atoms with van der Waals surface area (Å²) in [5.74, 6) is -0.652. The predicted molar refractivity (Wildman–Crippen MR) is 186 cm³/mol. The van der Waals surface area contributed by atoms with Crippen LogP contribution in [-0.4, -0.2) is 41.0 Å². The third-order valence-electron chi connectivity index (χ3n) is 7.95. The lowest BCUT2D eigenvalue weighted by Crippen LogP contribution is -2.53. The molecule has 0 aromatic heterocycles. The van der Waals surface area contributed by atoms with Crippen molar-refractivity contribution in [3.05, 3.63) is 113 Å². The molecule has 0 saturated heterocycles. The molecule has 0 heterocycles. The molecule has 2 N–H and O–H groups in total. The van der Waals surface area contributed by atoms with Gasteiger partial charge in [-0.2, -0.15) is 0 Å². The lowest BCUT2D eigenvalue weighted by molar-refractivity contribution is -0.141. The van der Waals surface area contributed by atoms with Gasteiger partial charge in [0, 0.05) is 18.7 Å². The number of hydrogen-bond acceptors (Lipinski definition) is 4. The lowest BCUT2D eigenvalue weighted by Gasteiger charge is -2.36. The maximum Gasteiger partial charge on any atom is 0.408 e. The third kappa shape index (κ3) is 9.19. The fraction of sp³-hybridized carbons (Fsp3) is 0.359. The van der Waals surface area contributed by atoms with Crippen LogP contribution in [0.2, 0.25) is 0 Å². The van der Waals surface area contributed by atoms with Gasteiger partial charge >= 0.3 is 6.09 Å². The number of carbonyl (C=O) groups is 3. The molecule has 4 rings (SSSR count). The van der Waals surface area contributed by atoms with Crippen LogP contribution < -0.4 is 10.6 Å². The number of aryl methyl sites for hydroxylation is 2. The van der Waals surface area contributed by atoms with Crippen LogP contribution in [0.25, 0.3) is 10.8 Å². The number of nitrogens with one attached hydrogen (secondary N) is 2. The maximum absolute atomic E-state index is 14.8. The van der Waals surface area contributed by atoms with Crippen molar-refractivity contribution in [3.8, 4) is 0 Å². The van der Waals surface area contributed by atoms with Gasteiger partial charge in [-0.1, -0.05) is 98.6 Å². The molecular weight excluding hydrogens is 574 g/mol. The van der Waals surface area contributed by atoms with Crippen LogP contribution in [-0.2, 0) is 20.7 Å². The van der Waals surface area contributed by atoms with Crippen LogP contribution in [0, 0.1) is 13.8 Å². The van der Waals surface area contributed by atoms with E-state index < -0.39 is 23.8 Å². The number of ether oxygens (including phenoxy) is 1. The monoisotopic (exact) mass is 621 g/mol. The Morgan fingerprint density at radius 1 is 0.804 bits per heavy atom. The number of hydrogen-bond donors (Lipinski definition) is 2. The Labute approximate surface area is 273 Å². The highest BCUT2D eigenvalue weighted by atomic mass is 16.6. The molecule has 2 unspecified atom stereocenters. The molecule has 242 valence electrons. The van der Waals surface area contributed by atoms with Crippen LogP contribution in [0.3, 0.4) is 0 Å². The highest BCUT2D eigenvalue weighted by Gasteiger charge is 2.37. The van der Waals surface area contributed by atoms with Crippen molar-refractivity contribution in [2.75, 3.05) is 11.9 Å². The summed E-state index contributed by atoms with van der Waals surface area (Å²) in [6.45, 7) is 11.7. The zero-order valence-corrected chi connectivity index (χ0v) is 27.9. The number of alkyl carbamates (subject to hydrolysis) is 1. The highest BCUT2D eigenvalue weighted by Crippen LogP contribution is 2.31. The molecule has 0 fully saturated rings. The topological polar surface area (TPSA) is 87.7 Å². The molecule has 0 aliphatic rings. The van der Waals surface area contributed by atoms with Gasteiger partial charge in [0.05, 0.1) is 0 Å². The molecule has 46 heavy (non-hydrogen) atoms. The Kier molecular flexibility index (Phi) is 11.6. The largest absolute Gasteiger partial charge is 0.444 e. The van der Waals surface area contributed by atoms with E-state index in [1.54, 1.807) is 25.7 Å². The normalized spacial score (nSPS) is 12.7. The zero-order chi connectivity index (χ0) is 33.3. The molecule has 4 aromatic carbocycles. The van der Waals surface area contributed by atoms with Gasteiger partial charge in [-0.05, 0) is 86.2 Å². The smallest absolute Gasteiger partial charge is 0.408 e. The van der Waals surface area contributed by atoms with Crippen LogP contribution in [0.5, 0.6) is 0 Å². The third-order valence-corrected chi connectivity index (χ3v) is 7.95. The van der Waals surface area contributed by atoms with E-state index in [1.807, 2.05) is 105 Å². The minimum Gasteiger partial charge on any atom is -0.444 e. The second-order valence-corrected chi connectivity index (χ2v) is 12.9. The van der Waals surface area contributed by atoms with Gasteiger partial charge in [0.2, 0.25) is 5.91 Å². The van der Waals surface area contributed by atoms with Crippen LogP contribution in [0.15, 0.2) is 91.0 Å². The second kappa shape index (κ2) is 15.6. The molecule has 3 amide bonds. The van der Waals surface area contributed by atoms with E-state index in [4.69, 9.17) is 4.74 Å². The molecule has 0 spiro atoms. The van der Waals surface area contributed by atoms with Crippen molar-refractivity contribution in [1.82, 2.24) is 10.2 Å². The van der Waals surface area contributed by atoms with E-state index >= 15 is 0 Å². The Balaban J connectivity index is 1.78. The number of rotatable bonds is 12. The molecule has 0 aliphatic heterocycles. The summed E-state index contributed by atoms with van der Waals surface area (Å²) in [6, 6.07) is 27.3. The van der Waals surface area contributed by atoms with E-state index in [0.717, 1.165) is 45.9 Å². The zero-order valence-electron chi connectivity index (χ0n) is 27.9. The van der Waals surface area contributed by atoms with Crippen molar-refractivity contribution in [2.45, 2.75) is 84.9 Å². The standard InChI is InChI=1S/C39H47N3O4/c1-7-8-14-24-42(37(44)33(25-29-18-10-9-11-19-29)41-38(45)46-39(4,5)6)35(34-27(2)16-15-17-28(34)3)36(43)40-32-23-22-30-20-12-13-21-31(30)26-32/h9-13,15-23,26,33,35H,7-8,14,24-25H2,1-6H3,(H,40,43)(H,41,45). The van der Waals surface area contributed by atoms with Gasteiger partial charge in [0.15, 0.2) is 0 Å². The number of benzene rings is 4. The Morgan fingerprint density at radius 2 is 1.46 bits per heavy atom. The van der Waals surface area contributed by atoms with Gasteiger partial charge < -0.3 is 20.3 Å². The molecule has 0 aliphatic carbocycles. The number of unbranched alkanes of at least 4 members (excludes halogenated alkanes) is 2. The molecule has 4 aromatic rings. The fourth-order valence-corrected chi connectivity index (χ4v) is 5.76. The maximum atomic E-state index is 14.8. The van der Waals surface area contributed by atoms with E-state index in [1.165, 1.54) is 0 Å². The Hall–Kier alpha value is -4.65. The second-order valence-electron chi connectivity index (χ2n) is 12.9. The average Bonchev–Trinajstić information content (AvgIpc) is 3.00. The summed E-state index contributed by atoms with van der Waals surface area (Å²) >= 11 is 0. The van der Waals surface area contributed by atoms with Crippen molar-refractivity contribution in [2.24, 2.45) is 0 Å². The molecule has 0 saturated carbocycles. The first kappa shape index (κ1) is 34.2. The van der Waals surface area contributed by atoms with Crippen LogP contribution in [0.1, 0.15) is 75.3 Å². The first-order valence-corrected chi connectivity index (χ1v) is 16.2. The predicted octanol–water partition coefficient (Wildman–Crippen LogP) is 8.29. The molecule has 7 heteroatoms. The summed E-state index contributed by atoms with van der Waals surface area (Å²) in [4.78, 5) is 44.0. The average molecular weight is 622 g/mol. The van der Waals surface area contributed by atoms with Gasteiger partial charge in [0.25, 0.3) is 5.91 Å². The van der Waals surface area contributed by atoms with Crippen molar-refractivity contribution >= 4 is 34.4 Å². The van der Waals surface area contributed by atoms with E-state index in [2.05, 4.69) is 17.6 Å².